The molecule has 2 N–H and O–H groups in total. The van der Waals surface area contributed by atoms with E-state index < -0.39 is 5.97 Å². The van der Waals surface area contributed by atoms with Crippen LogP contribution >= 0.6 is 0 Å². The van der Waals surface area contributed by atoms with E-state index in [-0.39, 0.29) is 35.2 Å². The summed E-state index contributed by atoms with van der Waals surface area (Å²) in [4.78, 5) is 24.3. The van der Waals surface area contributed by atoms with Crippen molar-refractivity contribution in [3.8, 4) is 0 Å². The topological polar surface area (TPSA) is 74.6 Å². The van der Waals surface area contributed by atoms with Gasteiger partial charge in [0.05, 0.1) is 6.10 Å². The number of hydrogen-bond donors (Lipinski definition) is 2. The van der Waals surface area contributed by atoms with Gasteiger partial charge >= 0.3 is 5.97 Å². The molecule has 0 heterocycles. The Morgan fingerprint density at radius 2 is 1.96 bits per heavy atom. The third kappa shape index (κ3) is 2.98. The number of Topliss-reactive ketones (excluding diaryl/α,β-unsaturated/α-hetero) is 1. The number of ketones is 1. The fourth-order valence-corrected chi connectivity index (χ4v) is 7.72. The molecule has 0 spiro atoms. The highest BCUT2D eigenvalue weighted by molar-refractivity contribution is 6.00. The number of hydrogen-bond acceptors (Lipinski definition) is 3. The second-order valence-corrected chi connectivity index (χ2v) is 10.7. The largest absolute Gasteiger partial charge is 0.481 e. The highest BCUT2D eigenvalue weighted by Crippen LogP contribution is 2.65. The van der Waals surface area contributed by atoms with Crippen molar-refractivity contribution in [1.29, 1.82) is 0 Å². The molecule has 28 heavy (non-hydrogen) atoms. The number of carbonyl (C=O) groups is 2. The minimum absolute atomic E-state index is 0.0712. The zero-order chi connectivity index (χ0) is 20.3. The van der Waals surface area contributed by atoms with Crippen LogP contribution in [0.3, 0.4) is 0 Å². The quantitative estimate of drug-likeness (QED) is 0.729. The molecular weight excluding hydrogens is 352 g/mol. The van der Waals surface area contributed by atoms with Gasteiger partial charge in [-0.1, -0.05) is 26.3 Å². The summed E-state index contributed by atoms with van der Waals surface area (Å²) >= 11 is 0. The second kappa shape index (κ2) is 6.97. The Hall–Kier alpha value is -1.16. The maximum Gasteiger partial charge on any atom is 0.303 e. The molecule has 0 aliphatic heterocycles. The van der Waals surface area contributed by atoms with Crippen LogP contribution in [0.4, 0.5) is 0 Å². The van der Waals surface area contributed by atoms with E-state index >= 15 is 0 Å². The molecule has 0 aromatic heterocycles. The summed E-state index contributed by atoms with van der Waals surface area (Å²) in [6, 6.07) is 0. The van der Waals surface area contributed by atoms with E-state index in [1.807, 2.05) is 0 Å². The average Bonchev–Trinajstić information content (AvgIpc) is 2.91. The summed E-state index contributed by atoms with van der Waals surface area (Å²) in [7, 11) is 0. The standard InChI is InChI=1S/C24H36O4/c1-14(4-7-21(27)28)19-13-20(26)22-17-6-5-15-12-16(25)8-10-23(15,2)18(17)9-11-24(19,22)3/h14-16,18-19,25H,4-13H2,1-3H3,(H,27,28)/t14-,15+,16+,18+,19-,23+,24-/m1/s1. The Bertz CT molecular complexity index is 709. The first kappa shape index (κ1) is 20.1. The summed E-state index contributed by atoms with van der Waals surface area (Å²) < 4.78 is 0. The first-order valence-electron chi connectivity index (χ1n) is 11.3. The van der Waals surface area contributed by atoms with Gasteiger partial charge in [-0.2, -0.15) is 0 Å². The molecule has 0 saturated heterocycles. The molecule has 0 aromatic rings. The number of allylic oxidation sites excluding steroid dienone is 2. The van der Waals surface area contributed by atoms with Gasteiger partial charge in [-0.15, -0.1) is 0 Å². The van der Waals surface area contributed by atoms with E-state index in [0.29, 0.717) is 30.5 Å². The highest BCUT2D eigenvalue weighted by atomic mass is 16.4. The molecule has 4 aliphatic rings. The van der Waals surface area contributed by atoms with Crippen LogP contribution in [0.25, 0.3) is 0 Å². The lowest BCUT2D eigenvalue weighted by atomic mass is 9.48. The number of carboxylic acids is 1. The number of aliphatic hydroxyl groups is 1. The predicted octanol–water partition coefficient (Wildman–Crippen LogP) is 4.75. The van der Waals surface area contributed by atoms with Gasteiger partial charge in [0, 0.05) is 18.4 Å². The van der Waals surface area contributed by atoms with Gasteiger partial charge in [-0.3, -0.25) is 9.59 Å². The molecule has 3 fully saturated rings. The van der Waals surface area contributed by atoms with Gasteiger partial charge in [0.1, 0.15) is 0 Å². The molecule has 4 rings (SSSR count). The maximum atomic E-state index is 13.2. The van der Waals surface area contributed by atoms with Crippen molar-refractivity contribution in [1.82, 2.24) is 0 Å². The fraction of sp³-hybridized carbons (Fsp3) is 0.833. The van der Waals surface area contributed by atoms with E-state index in [0.717, 1.165) is 50.5 Å². The van der Waals surface area contributed by atoms with E-state index in [2.05, 4.69) is 20.8 Å². The summed E-state index contributed by atoms with van der Waals surface area (Å²) in [6.45, 7) is 6.85. The predicted molar refractivity (Wildman–Crippen MR) is 108 cm³/mol. The average molecular weight is 389 g/mol. The van der Waals surface area contributed by atoms with Crippen molar-refractivity contribution < 1.29 is 19.8 Å². The highest BCUT2D eigenvalue weighted by Gasteiger charge is 2.58. The zero-order valence-corrected chi connectivity index (χ0v) is 17.7. The van der Waals surface area contributed by atoms with E-state index in [1.54, 1.807) is 0 Å². The lowest BCUT2D eigenvalue weighted by molar-refractivity contribution is -0.137. The van der Waals surface area contributed by atoms with Crippen LogP contribution in [0, 0.1) is 34.5 Å². The molecule has 0 radical (unpaired) electrons. The number of rotatable bonds is 4. The van der Waals surface area contributed by atoms with Crippen molar-refractivity contribution in [3.63, 3.8) is 0 Å². The molecule has 0 aromatic carbocycles. The summed E-state index contributed by atoms with van der Waals surface area (Å²) in [6.07, 6.45) is 8.52. The number of fused-ring (bicyclic) bond motifs is 4. The summed E-state index contributed by atoms with van der Waals surface area (Å²) in [5, 5.41) is 19.2. The van der Waals surface area contributed by atoms with Crippen LogP contribution in [0.2, 0.25) is 0 Å². The van der Waals surface area contributed by atoms with E-state index in [4.69, 9.17) is 5.11 Å². The number of carboxylic acid groups (broad SMARTS) is 1. The summed E-state index contributed by atoms with van der Waals surface area (Å²) in [5.41, 5.74) is 2.75. The lowest BCUT2D eigenvalue weighted by Gasteiger charge is -2.56. The zero-order valence-electron chi connectivity index (χ0n) is 17.7. The number of aliphatic hydroxyl groups excluding tert-OH is 1. The van der Waals surface area contributed by atoms with Crippen LogP contribution in [0.5, 0.6) is 0 Å². The Labute approximate surface area is 168 Å². The van der Waals surface area contributed by atoms with Crippen molar-refractivity contribution >= 4 is 11.8 Å². The van der Waals surface area contributed by atoms with Crippen LogP contribution in [-0.4, -0.2) is 28.1 Å². The SMILES string of the molecule is C[C@H](CCC(=O)O)[C@H]1CC(=O)C2=C3CC[C@H]4C[C@@H](O)CC[C@]4(C)[C@H]3CC[C@@]21C. The molecule has 0 unspecified atom stereocenters. The first-order chi connectivity index (χ1) is 13.2. The molecule has 4 aliphatic carbocycles. The smallest absolute Gasteiger partial charge is 0.303 e. The van der Waals surface area contributed by atoms with Gasteiger partial charge in [0.2, 0.25) is 0 Å². The molecule has 3 saturated carbocycles. The third-order valence-electron chi connectivity index (χ3n) is 9.33. The Balaban J connectivity index is 1.65. The molecule has 4 nitrogen and oxygen atoms in total. The normalized spacial score (nSPS) is 43.9. The van der Waals surface area contributed by atoms with Crippen molar-refractivity contribution in [3.05, 3.63) is 11.1 Å². The van der Waals surface area contributed by atoms with Gasteiger partial charge in [0.25, 0.3) is 0 Å². The fourth-order valence-electron chi connectivity index (χ4n) is 7.72. The van der Waals surface area contributed by atoms with Crippen molar-refractivity contribution in [2.75, 3.05) is 0 Å². The molecule has 156 valence electrons. The van der Waals surface area contributed by atoms with Gasteiger partial charge in [-0.25, -0.2) is 0 Å². The summed E-state index contributed by atoms with van der Waals surface area (Å²) in [5.74, 6) is 1.22. The van der Waals surface area contributed by atoms with Crippen LogP contribution < -0.4 is 0 Å². The number of carbonyl (C=O) groups excluding carboxylic acids is 1. The maximum absolute atomic E-state index is 13.2. The molecule has 4 heteroatoms. The molecule has 0 bridgehead atoms. The van der Waals surface area contributed by atoms with E-state index in [1.165, 1.54) is 5.57 Å². The Morgan fingerprint density at radius 1 is 1.21 bits per heavy atom. The van der Waals surface area contributed by atoms with Gasteiger partial charge < -0.3 is 10.2 Å². The number of aliphatic carboxylic acids is 1. The van der Waals surface area contributed by atoms with Crippen LogP contribution in [0.15, 0.2) is 11.1 Å². The molecule has 0 amide bonds. The Morgan fingerprint density at radius 3 is 2.68 bits per heavy atom. The second-order valence-electron chi connectivity index (χ2n) is 10.7. The van der Waals surface area contributed by atoms with Crippen LogP contribution in [0.1, 0.15) is 85.0 Å². The molecule has 7 atom stereocenters. The van der Waals surface area contributed by atoms with Crippen molar-refractivity contribution in [2.24, 2.45) is 34.5 Å². The van der Waals surface area contributed by atoms with Crippen molar-refractivity contribution in [2.45, 2.75) is 91.1 Å². The van der Waals surface area contributed by atoms with Gasteiger partial charge in [0.15, 0.2) is 5.78 Å². The Kier molecular flexibility index (Phi) is 5.01. The molecular formula is C24H36O4. The third-order valence-corrected chi connectivity index (χ3v) is 9.33. The lowest BCUT2D eigenvalue weighted by Crippen LogP contribution is -2.48. The monoisotopic (exact) mass is 388 g/mol. The van der Waals surface area contributed by atoms with E-state index in [9.17, 15) is 14.7 Å². The first-order valence-corrected chi connectivity index (χ1v) is 11.3. The minimum Gasteiger partial charge on any atom is -0.481 e. The van der Waals surface area contributed by atoms with Crippen LogP contribution in [-0.2, 0) is 9.59 Å². The van der Waals surface area contributed by atoms with Gasteiger partial charge in [-0.05, 0) is 85.9 Å². The minimum atomic E-state index is -0.741.